The number of anilines is 1. The van der Waals surface area contributed by atoms with Gasteiger partial charge in [-0.1, -0.05) is 12.1 Å². The van der Waals surface area contributed by atoms with Crippen LogP contribution < -0.4 is 4.72 Å². The Balaban J connectivity index is 2.10. The van der Waals surface area contributed by atoms with Gasteiger partial charge >= 0.3 is 0 Å². The summed E-state index contributed by atoms with van der Waals surface area (Å²) in [5, 5.41) is 12.2. The predicted molar refractivity (Wildman–Crippen MR) is 71.7 cm³/mol. The maximum Gasteiger partial charge on any atom is 0.236 e. The van der Waals surface area contributed by atoms with E-state index in [-0.39, 0.29) is 5.75 Å². The first-order valence-electron chi connectivity index (χ1n) is 5.11. The van der Waals surface area contributed by atoms with Gasteiger partial charge < -0.3 is 0 Å². The van der Waals surface area contributed by atoms with Crippen LogP contribution in [0.2, 0.25) is 0 Å². The molecule has 0 fully saturated rings. The highest BCUT2D eigenvalue weighted by Gasteiger charge is 2.11. The summed E-state index contributed by atoms with van der Waals surface area (Å²) in [6, 6.07) is 10.2. The normalized spacial score (nSPS) is 10.8. The molecule has 92 valence electrons. The molecule has 0 aliphatic heterocycles. The van der Waals surface area contributed by atoms with Crippen LogP contribution in [0.5, 0.6) is 0 Å². The molecule has 0 aliphatic rings. The Bertz CT molecular complexity index is 653. The third-order valence-electron chi connectivity index (χ3n) is 2.23. The molecule has 0 aliphatic carbocycles. The fourth-order valence-corrected chi connectivity index (χ4v) is 3.29. The quantitative estimate of drug-likeness (QED) is 0.934. The molecule has 1 aromatic carbocycles. The van der Waals surface area contributed by atoms with E-state index in [0.29, 0.717) is 16.8 Å². The molecule has 0 bridgehead atoms. The van der Waals surface area contributed by atoms with Gasteiger partial charge in [0.15, 0.2) is 0 Å². The van der Waals surface area contributed by atoms with E-state index in [1.807, 2.05) is 6.07 Å². The Kier molecular flexibility index (Phi) is 3.65. The fourth-order valence-electron chi connectivity index (χ4n) is 1.43. The molecule has 0 radical (unpaired) electrons. The first kappa shape index (κ1) is 12.6. The van der Waals surface area contributed by atoms with Crippen LogP contribution in [0.15, 0.2) is 41.1 Å². The summed E-state index contributed by atoms with van der Waals surface area (Å²) in [6.07, 6.45) is 0. The minimum absolute atomic E-state index is 0.103. The van der Waals surface area contributed by atoms with Crippen LogP contribution in [0.1, 0.15) is 11.1 Å². The Hall–Kier alpha value is -1.84. The highest BCUT2D eigenvalue weighted by Crippen LogP contribution is 2.16. The summed E-state index contributed by atoms with van der Waals surface area (Å²) in [5.41, 5.74) is 1.74. The second kappa shape index (κ2) is 5.21. The van der Waals surface area contributed by atoms with Crippen molar-refractivity contribution in [3.63, 3.8) is 0 Å². The zero-order valence-corrected chi connectivity index (χ0v) is 11.0. The molecule has 0 unspecified atom stereocenters. The molecule has 0 spiro atoms. The van der Waals surface area contributed by atoms with E-state index in [1.54, 1.807) is 41.1 Å². The lowest BCUT2D eigenvalue weighted by molar-refractivity contribution is 0.600. The van der Waals surface area contributed by atoms with E-state index < -0.39 is 10.0 Å². The van der Waals surface area contributed by atoms with Gasteiger partial charge in [0.1, 0.15) is 0 Å². The molecule has 0 saturated carbocycles. The van der Waals surface area contributed by atoms with Crippen LogP contribution in [0.25, 0.3) is 0 Å². The maximum absolute atomic E-state index is 11.9. The summed E-state index contributed by atoms with van der Waals surface area (Å²) in [6.45, 7) is 0. The van der Waals surface area contributed by atoms with Crippen molar-refractivity contribution in [2.24, 2.45) is 0 Å². The summed E-state index contributed by atoms with van der Waals surface area (Å²) in [4.78, 5) is 0. The molecule has 18 heavy (non-hydrogen) atoms. The van der Waals surface area contributed by atoms with E-state index in [1.165, 1.54) is 11.3 Å². The van der Waals surface area contributed by atoms with E-state index >= 15 is 0 Å². The van der Waals surface area contributed by atoms with Crippen molar-refractivity contribution in [1.29, 1.82) is 5.26 Å². The Morgan fingerprint density at radius 1 is 1.22 bits per heavy atom. The molecule has 1 aromatic heterocycles. The fraction of sp³-hybridized carbons (Fsp3) is 0.0833. The molecule has 0 saturated heterocycles. The lowest BCUT2D eigenvalue weighted by atomic mass is 10.2. The lowest BCUT2D eigenvalue weighted by Gasteiger charge is -2.06. The molecule has 0 atom stereocenters. The van der Waals surface area contributed by atoms with Crippen LogP contribution in [-0.4, -0.2) is 8.42 Å². The van der Waals surface area contributed by atoms with Crippen molar-refractivity contribution in [3.05, 3.63) is 52.2 Å². The SMILES string of the molecule is N#Cc1ccc(CS(=O)(=O)Nc2ccsc2)cc1. The number of rotatable bonds is 4. The molecule has 1 heterocycles. The zero-order valence-electron chi connectivity index (χ0n) is 9.33. The summed E-state index contributed by atoms with van der Waals surface area (Å²) < 4.78 is 26.2. The molecule has 4 nitrogen and oxygen atoms in total. The second-order valence-electron chi connectivity index (χ2n) is 3.68. The van der Waals surface area contributed by atoms with Gasteiger partial charge in [0.05, 0.1) is 23.1 Å². The van der Waals surface area contributed by atoms with Gasteiger partial charge in [0.25, 0.3) is 0 Å². The van der Waals surface area contributed by atoms with Crippen LogP contribution in [-0.2, 0) is 15.8 Å². The van der Waals surface area contributed by atoms with Gasteiger partial charge in [-0.3, -0.25) is 4.72 Å². The van der Waals surface area contributed by atoms with Gasteiger partial charge in [-0.15, -0.1) is 0 Å². The van der Waals surface area contributed by atoms with Gasteiger partial charge in [-0.2, -0.15) is 16.6 Å². The molecular weight excluding hydrogens is 268 g/mol. The zero-order chi connectivity index (χ0) is 13.0. The number of nitrogens with zero attached hydrogens (tertiary/aromatic N) is 1. The number of sulfonamides is 1. The third-order valence-corrected chi connectivity index (χ3v) is 4.18. The summed E-state index contributed by atoms with van der Waals surface area (Å²) in [5.74, 6) is -0.103. The number of thiophene rings is 1. The second-order valence-corrected chi connectivity index (χ2v) is 6.18. The van der Waals surface area contributed by atoms with Crippen molar-refractivity contribution < 1.29 is 8.42 Å². The standard InChI is InChI=1S/C12H10N2O2S2/c13-7-10-1-3-11(4-2-10)9-18(15,16)14-12-5-6-17-8-12/h1-6,8,14H,9H2. The number of nitrogens with one attached hydrogen (secondary N) is 1. The Labute approximate surface area is 110 Å². The molecule has 2 rings (SSSR count). The van der Waals surface area contributed by atoms with Crippen molar-refractivity contribution >= 4 is 27.0 Å². The minimum Gasteiger partial charge on any atom is -0.282 e. The smallest absolute Gasteiger partial charge is 0.236 e. The molecule has 1 N–H and O–H groups in total. The monoisotopic (exact) mass is 278 g/mol. The van der Waals surface area contributed by atoms with E-state index in [4.69, 9.17) is 5.26 Å². The van der Waals surface area contributed by atoms with Crippen molar-refractivity contribution in [2.75, 3.05) is 4.72 Å². The number of nitriles is 1. The number of benzene rings is 1. The highest BCUT2D eigenvalue weighted by atomic mass is 32.2. The maximum atomic E-state index is 11.9. The van der Waals surface area contributed by atoms with Crippen molar-refractivity contribution in [2.45, 2.75) is 5.75 Å². The lowest BCUT2D eigenvalue weighted by Crippen LogP contribution is -2.14. The van der Waals surface area contributed by atoms with E-state index in [0.717, 1.165) is 0 Å². The van der Waals surface area contributed by atoms with Crippen LogP contribution in [0, 0.1) is 11.3 Å². The molecular formula is C12H10N2O2S2. The van der Waals surface area contributed by atoms with E-state index in [2.05, 4.69) is 4.72 Å². The highest BCUT2D eigenvalue weighted by molar-refractivity contribution is 7.91. The Morgan fingerprint density at radius 3 is 2.50 bits per heavy atom. The van der Waals surface area contributed by atoms with Gasteiger partial charge in [0, 0.05) is 5.38 Å². The average molecular weight is 278 g/mol. The van der Waals surface area contributed by atoms with Crippen LogP contribution in [0.4, 0.5) is 5.69 Å². The molecule has 6 heteroatoms. The largest absolute Gasteiger partial charge is 0.282 e. The molecule has 2 aromatic rings. The number of hydrogen-bond acceptors (Lipinski definition) is 4. The van der Waals surface area contributed by atoms with E-state index in [9.17, 15) is 8.42 Å². The summed E-state index contributed by atoms with van der Waals surface area (Å²) >= 11 is 1.43. The minimum atomic E-state index is -3.40. The average Bonchev–Trinajstić information content (AvgIpc) is 2.81. The first-order valence-corrected chi connectivity index (χ1v) is 7.70. The predicted octanol–water partition coefficient (Wildman–Crippen LogP) is 2.56. The third kappa shape index (κ3) is 3.32. The molecule has 0 amide bonds. The Morgan fingerprint density at radius 2 is 1.94 bits per heavy atom. The van der Waals surface area contributed by atoms with Crippen LogP contribution in [0.3, 0.4) is 0 Å². The first-order chi connectivity index (χ1) is 8.59. The van der Waals surface area contributed by atoms with Crippen molar-refractivity contribution in [3.8, 4) is 6.07 Å². The van der Waals surface area contributed by atoms with Gasteiger partial charge in [-0.25, -0.2) is 8.42 Å². The summed E-state index contributed by atoms with van der Waals surface area (Å²) in [7, 11) is -3.40. The van der Waals surface area contributed by atoms with Crippen LogP contribution >= 0.6 is 11.3 Å². The number of hydrogen-bond donors (Lipinski definition) is 1. The van der Waals surface area contributed by atoms with Gasteiger partial charge in [0.2, 0.25) is 10.0 Å². The topological polar surface area (TPSA) is 70.0 Å². The van der Waals surface area contributed by atoms with Crippen molar-refractivity contribution in [1.82, 2.24) is 0 Å². The van der Waals surface area contributed by atoms with Gasteiger partial charge in [-0.05, 0) is 29.1 Å².